The van der Waals surface area contributed by atoms with Crippen LogP contribution in [0.25, 0.3) is 66.1 Å². The molecule has 0 spiro atoms. The smallest absolute Gasteiger partial charge is 0.405 e. The maximum absolute atomic E-state index is 15.0. The lowest BCUT2D eigenvalue weighted by molar-refractivity contribution is -0.140. The number of rotatable bonds is 32. The highest BCUT2D eigenvalue weighted by Crippen LogP contribution is 2.40. The van der Waals surface area contributed by atoms with Gasteiger partial charge >= 0.3 is 6.18 Å². The number of ether oxygens (including phenoxy) is 2. The predicted octanol–water partition coefficient (Wildman–Crippen LogP) is 12.6. The number of methoxy groups -OCH3 is 1. The number of sulfonamides is 3. The molecule has 29 nitrogen and oxygen atoms in total. The van der Waals surface area contributed by atoms with Gasteiger partial charge in [-0.1, -0.05) is 80.7 Å². The van der Waals surface area contributed by atoms with E-state index in [1.807, 2.05) is 0 Å². The van der Waals surface area contributed by atoms with Gasteiger partial charge in [-0.3, -0.25) is 61.2 Å². The molecular formula is C82H74Cl3F6N15O14S3. The molecule has 123 heavy (non-hydrogen) atoms. The molecule has 1 saturated carbocycles. The number of pyridine rings is 3. The first kappa shape index (κ1) is 88.7. The topological polar surface area (TPSA) is 379 Å². The summed E-state index contributed by atoms with van der Waals surface area (Å²) in [5, 5.41) is 6.76. The maximum Gasteiger partial charge on any atom is 0.405 e. The van der Waals surface area contributed by atoms with E-state index in [-0.39, 0.29) is 122 Å². The molecule has 6 unspecified atom stereocenters. The molecule has 1 fully saturated rings. The number of aryl methyl sites for hydroxylation is 1. The van der Waals surface area contributed by atoms with E-state index in [9.17, 15) is 80.4 Å². The minimum Gasteiger partial charge on any atom is -0.479 e. The number of halogens is 9. The molecule has 3 amide bonds. The number of nitrogens with zero attached hydrogens (tertiary/aromatic N) is 10. The number of alkyl halides is 3. The molecule has 6 atom stereocenters. The van der Waals surface area contributed by atoms with E-state index >= 15 is 0 Å². The van der Waals surface area contributed by atoms with Crippen LogP contribution in [0.3, 0.4) is 0 Å². The monoisotopic (exact) mass is 1810 g/mol. The van der Waals surface area contributed by atoms with Gasteiger partial charge in [0.25, 0.3) is 46.7 Å². The predicted molar refractivity (Wildman–Crippen MR) is 448 cm³/mol. The lowest BCUT2D eigenvalue weighted by Gasteiger charge is -2.28. The number of hydrogen-bond acceptors (Lipinski definition) is 20. The Morgan fingerprint density at radius 3 is 1.44 bits per heavy atom. The minimum absolute atomic E-state index is 0.0225. The fraction of sp³-hybridized carbons (Fsp3) is 0.268. The number of benzene rings is 6. The molecule has 13 rings (SSSR count). The Balaban J connectivity index is 0.683. The van der Waals surface area contributed by atoms with E-state index in [2.05, 4.69) is 50.0 Å². The van der Waals surface area contributed by atoms with Gasteiger partial charge in [0.2, 0.25) is 29.5 Å². The highest BCUT2D eigenvalue weighted by Gasteiger charge is 2.41. The van der Waals surface area contributed by atoms with Crippen LogP contribution < -0.4 is 55.9 Å². The zero-order chi connectivity index (χ0) is 88.5. The molecule has 0 radical (unpaired) electrons. The summed E-state index contributed by atoms with van der Waals surface area (Å²) in [5.41, 5.74) is 1.11. The van der Waals surface area contributed by atoms with Crippen LogP contribution in [0.2, 0.25) is 15.1 Å². The summed E-state index contributed by atoms with van der Waals surface area (Å²) in [4.78, 5) is 108. The Morgan fingerprint density at radius 2 is 0.976 bits per heavy atom. The Hall–Kier alpha value is -12.1. The van der Waals surface area contributed by atoms with Crippen molar-refractivity contribution in [1.82, 2.24) is 59.6 Å². The first-order chi connectivity index (χ1) is 58.3. The van der Waals surface area contributed by atoms with Gasteiger partial charge in [0.15, 0.2) is 0 Å². The second kappa shape index (κ2) is 36.1. The first-order valence-corrected chi connectivity index (χ1v) is 43.3. The average molecular weight is 1810 g/mol. The van der Waals surface area contributed by atoms with Gasteiger partial charge in [-0.25, -0.2) is 63.3 Å². The summed E-state index contributed by atoms with van der Waals surface area (Å²) in [6.45, 7) is 5.09. The molecule has 6 heterocycles. The molecule has 0 saturated heterocycles. The van der Waals surface area contributed by atoms with Gasteiger partial charge in [0.1, 0.15) is 50.1 Å². The molecule has 642 valence electrons. The molecule has 6 aromatic heterocycles. The Morgan fingerprint density at radius 1 is 0.545 bits per heavy atom. The van der Waals surface area contributed by atoms with Crippen LogP contribution in [0.1, 0.15) is 52.7 Å². The Bertz CT molecular complexity index is 6780. The van der Waals surface area contributed by atoms with Crippen LogP contribution in [0.15, 0.2) is 194 Å². The molecule has 6 aromatic carbocycles. The van der Waals surface area contributed by atoms with Gasteiger partial charge in [0.05, 0.1) is 110 Å². The Kier molecular flexibility index (Phi) is 26.1. The molecule has 1 aliphatic carbocycles. The molecule has 41 heteroatoms. The van der Waals surface area contributed by atoms with Crippen molar-refractivity contribution in [3.05, 3.63) is 234 Å². The largest absolute Gasteiger partial charge is 0.479 e. The zero-order valence-corrected chi connectivity index (χ0v) is 70.4. The van der Waals surface area contributed by atoms with Crippen molar-refractivity contribution >= 4 is 132 Å². The van der Waals surface area contributed by atoms with Crippen molar-refractivity contribution < 1.29 is 75.5 Å². The van der Waals surface area contributed by atoms with Crippen molar-refractivity contribution in [3.8, 4) is 45.1 Å². The summed E-state index contributed by atoms with van der Waals surface area (Å²) in [6, 6.07) is 25.3. The van der Waals surface area contributed by atoms with Crippen LogP contribution >= 0.6 is 34.8 Å². The van der Waals surface area contributed by atoms with E-state index in [0.717, 1.165) is 69.8 Å². The summed E-state index contributed by atoms with van der Waals surface area (Å²) < 4.78 is 187. The van der Waals surface area contributed by atoms with Crippen LogP contribution in [-0.2, 0) is 64.1 Å². The molecular weight excluding hydrogens is 1740 g/mol. The van der Waals surface area contributed by atoms with Crippen molar-refractivity contribution in [2.75, 3.05) is 40.6 Å². The summed E-state index contributed by atoms with van der Waals surface area (Å²) in [7, 11) is -12.5. The fourth-order valence-electron chi connectivity index (χ4n) is 13.5. The second-order valence-electron chi connectivity index (χ2n) is 29.4. The molecule has 1 aliphatic rings. The van der Waals surface area contributed by atoms with E-state index in [4.69, 9.17) is 44.3 Å². The van der Waals surface area contributed by atoms with Crippen LogP contribution in [0, 0.1) is 48.0 Å². The molecule has 0 bridgehead atoms. The first-order valence-electron chi connectivity index (χ1n) is 37.8. The van der Waals surface area contributed by atoms with E-state index < -0.39 is 151 Å². The number of amides is 3. The van der Waals surface area contributed by atoms with Gasteiger partial charge in [-0.05, 0) is 152 Å². The van der Waals surface area contributed by atoms with E-state index in [1.54, 1.807) is 63.3 Å². The Labute approximate surface area is 713 Å². The number of fused-ring (bicyclic) bond motifs is 3. The zero-order valence-electron chi connectivity index (χ0n) is 65.7. The number of carbonyl (C=O) groups is 3. The third kappa shape index (κ3) is 20.2. The van der Waals surface area contributed by atoms with Crippen molar-refractivity contribution in [1.29, 1.82) is 0 Å². The maximum atomic E-state index is 15.0. The standard InChI is InChI=1S/C82H74Cl3F6N15O14S3/c1-7-57(20-21-106(123(117,118)73-19-13-56(88)31-63(73)85)70-28-52(34-94-78(70)119-6)49-10-16-66-60(24-49)79(110)103(40-96-66)35-43(2)74(107)95-39-82(89,90)91)99-75(108)44(3)36-104-41-97-65-15-9-48(23-59(65)80(104)111)51-26-69(102-122(115,116)72-18-12-55(87)30-62(72)84)77(93-33-51)120-38-53-27-68(53)100-76(109)45(4)37-105-42-98-64-14-8-47(22-58(64)81(105)112)50-25-67(46(5)92-32-50)101-121(113,114)71-17-11-54(86)29-61(71)83/h8-19,22-26,28-34,40-45,53,57,68,101-102H,7,20-21,27,35-39H2,1-6H3,(H,95,107)(H,99,108)(H,100,109). The lowest BCUT2D eigenvalue weighted by Crippen LogP contribution is -2.42. The highest BCUT2D eigenvalue weighted by molar-refractivity contribution is 7.93. The molecule has 5 N–H and O–H groups in total. The fourth-order valence-corrected chi connectivity index (χ4v) is 18.7. The normalized spacial score (nSPS) is 14.6. The van der Waals surface area contributed by atoms with Crippen LogP contribution in [0.4, 0.5) is 43.4 Å². The average Bonchev–Trinajstić information content (AvgIpc) is 0.988. The summed E-state index contributed by atoms with van der Waals surface area (Å²) in [6.07, 6.45) is 3.81. The summed E-state index contributed by atoms with van der Waals surface area (Å²) >= 11 is 18.8. The van der Waals surface area contributed by atoms with Crippen molar-refractivity contribution in [2.24, 2.45) is 23.7 Å². The van der Waals surface area contributed by atoms with E-state index in [0.29, 0.717) is 39.9 Å². The highest BCUT2D eigenvalue weighted by atomic mass is 35.5. The second-order valence-corrected chi connectivity index (χ2v) is 35.7. The van der Waals surface area contributed by atoms with Gasteiger partial charge in [-0.15, -0.1) is 0 Å². The van der Waals surface area contributed by atoms with Crippen molar-refractivity contribution in [2.45, 2.75) is 106 Å². The van der Waals surface area contributed by atoms with E-state index in [1.165, 1.54) is 96.9 Å². The third-order valence-corrected chi connectivity index (χ3v) is 26.4. The molecule has 0 aliphatic heterocycles. The van der Waals surface area contributed by atoms with Crippen LogP contribution in [-0.4, -0.2) is 132 Å². The number of hydrogen-bond donors (Lipinski definition) is 5. The third-order valence-electron chi connectivity index (χ3n) is 20.4. The summed E-state index contributed by atoms with van der Waals surface area (Å²) in [5.74, 6) is -7.88. The van der Waals surface area contributed by atoms with Gasteiger partial charge < -0.3 is 25.4 Å². The number of aromatic nitrogens is 9. The van der Waals surface area contributed by atoms with Gasteiger partial charge in [-0.2, -0.15) is 13.2 Å². The molecule has 12 aromatic rings. The SMILES string of the molecule is CCC(CCN(c1cc(-c2ccc3ncn(CC(C)C(=O)NCC(F)(F)F)c(=O)c3c2)cnc1OC)S(=O)(=O)c1ccc(F)cc1Cl)NC(=O)C(C)Cn1cnc2ccc(-c3cnc(OCC4CC4NC(=O)C(C)Cn4cnc5ccc(-c6cnc(C)c(NS(=O)(=O)c7ccc(F)cc7Cl)c6)cc5c4=O)c(NS(=O)(=O)c4ccc(F)cc4Cl)c3)cc2c1=O. The van der Waals surface area contributed by atoms with Gasteiger partial charge in [0, 0.05) is 79.5 Å². The lowest BCUT2D eigenvalue weighted by atomic mass is 10.0. The van der Waals surface area contributed by atoms with Crippen LogP contribution in [0.5, 0.6) is 11.8 Å². The number of anilines is 3. The number of nitrogens with one attached hydrogen (secondary N) is 5. The number of carbonyl (C=O) groups excluding carboxylic acids is 3. The minimum atomic E-state index is -4.79. The quantitative estimate of drug-likeness (QED) is 0.0244. The van der Waals surface area contributed by atoms with Crippen molar-refractivity contribution in [3.63, 3.8) is 0 Å².